The summed E-state index contributed by atoms with van der Waals surface area (Å²) < 4.78 is 5.52. The zero-order chi connectivity index (χ0) is 8.32. The van der Waals surface area contributed by atoms with Crippen LogP contribution in [-0.4, -0.2) is 48.5 Å². The quantitative estimate of drug-likeness (QED) is 0.620. The van der Waals surface area contributed by atoms with Gasteiger partial charge in [-0.25, -0.2) is 0 Å². The lowest BCUT2D eigenvalue weighted by Gasteiger charge is -2.37. The van der Waals surface area contributed by atoms with Crippen molar-refractivity contribution in [1.29, 1.82) is 0 Å². The van der Waals surface area contributed by atoms with E-state index in [1.54, 1.807) is 0 Å². The van der Waals surface area contributed by atoms with Crippen LogP contribution in [0.2, 0.25) is 0 Å². The number of ether oxygens (including phenoxy) is 1. The van der Waals surface area contributed by atoms with Gasteiger partial charge in [0, 0.05) is 19.6 Å². The van der Waals surface area contributed by atoms with Crippen LogP contribution in [0.25, 0.3) is 0 Å². The van der Waals surface area contributed by atoms with Crippen LogP contribution in [-0.2, 0) is 4.74 Å². The van der Waals surface area contributed by atoms with Gasteiger partial charge in [0.2, 0.25) is 0 Å². The Morgan fingerprint density at radius 2 is 2.27 bits per heavy atom. The van der Waals surface area contributed by atoms with Gasteiger partial charge in [0.25, 0.3) is 0 Å². The third kappa shape index (κ3) is 2.77. The number of nitrogens with zero attached hydrogens (tertiary/aromatic N) is 1. The summed E-state index contributed by atoms with van der Waals surface area (Å²) in [7, 11) is 0. The average molecular weight is 159 g/mol. The fourth-order valence-corrected chi connectivity index (χ4v) is 1.45. The number of hydrogen-bond donors (Lipinski definition) is 1. The van der Waals surface area contributed by atoms with E-state index in [2.05, 4.69) is 18.7 Å². The number of aliphatic hydroxyl groups is 1. The number of morpholine rings is 1. The van der Waals surface area contributed by atoms with Crippen LogP contribution in [0.5, 0.6) is 0 Å². The van der Waals surface area contributed by atoms with Crippen LogP contribution in [0.15, 0.2) is 0 Å². The molecule has 0 aliphatic carbocycles. The molecule has 1 heterocycles. The van der Waals surface area contributed by atoms with Crippen molar-refractivity contribution in [2.75, 3.05) is 32.8 Å². The standard InChI is InChI=1S/C8H17NO2/c1-8(2)7-9(3-5-10)4-6-11-8/h10H,3-7H2,1-2H3. The van der Waals surface area contributed by atoms with Crippen molar-refractivity contribution in [1.82, 2.24) is 4.90 Å². The van der Waals surface area contributed by atoms with Crippen LogP contribution < -0.4 is 0 Å². The molecule has 3 nitrogen and oxygen atoms in total. The van der Waals surface area contributed by atoms with Crippen molar-refractivity contribution in [3.63, 3.8) is 0 Å². The monoisotopic (exact) mass is 159 g/mol. The minimum absolute atomic E-state index is 0.0343. The second kappa shape index (κ2) is 3.52. The smallest absolute Gasteiger partial charge is 0.0753 e. The van der Waals surface area contributed by atoms with Gasteiger partial charge in [-0.15, -0.1) is 0 Å². The van der Waals surface area contributed by atoms with Crippen molar-refractivity contribution in [3.8, 4) is 0 Å². The molecule has 0 aromatic heterocycles. The van der Waals surface area contributed by atoms with Crippen molar-refractivity contribution in [2.45, 2.75) is 19.4 Å². The summed E-state index contributed by atoms with van der Waals surface area (Å²) in [5.41, 5.74) is -0.0343. The number of aliphatic hydroxyl groups excluding tert-OH is 1. The second-order valence-corrected chi connectivity index (χ2v) is 3.61. The topological polar surface area (TPSA) is 32.7 Å². The molecule has 1 saturated heterocycles. The maximum atomic E-state index is 8.71. The summed E-state index contributed by atoms with van der Waals surface area (Å²) in [6, 6.07) is 0. The SMILES string of the molecule is CC1(C)CN(CCO)CCO1. The average Bonchev–Trinajstić information content (AvgIpc) is 1.85. The van der Waals surface area contributed by atoms with Gasteiger partial charge in [-0.2, -0.15) is 0 Å². The second-order valence-electron chi connectivity index (χ2n) is 3.61. The summed E-state index contributed by atoms with van der Waals surface area (Å²) in [5, 5.41) is 8.71. The van der Waals surface area contributed by atoms with Crippen molar-refractivity contribution < 1.29 is 9.84 Å². The highest BCUT2D eigenvalue weighted by Gasteiger charge is 2.26. The Hall–Kier alpha value is -0.120. The number of rotatable bonds is 2. The largest absolute Gasteiger partial charge is 0.395 e. The molecule has 1 aliphatic rings. The molecule has 1 aliphatic heterocycles. The van der Waals surface area contributed by atoms with Crippen LogP contribution in [0, 0.1) is 0 Å². The van der Waals surface area contributed by atoms with E-state index in [1.807, 2.05) is 0 Å². The van der Waals surface area contributed by atoms with E-state index in [4.69, 9.17) is 9.84 Å². The highest BCUT2D eigenvalue weighted by molar-refractivity contribution is 4.78. The van der Waals surface area contributed by atoms with Gasteiger partial charge in [0.05, 0.1) is 18.8 Å². The maximum Gasteiger partial charge on any atom is 0.0753 e. The highest BCUT2D eigenvalue weighted by Crippen LogP contribution is 2.15. The van der Waals surface area contributed by atoms with E-state index in [0.717, 1.165) is 26.2 Å². The predicted molar refractivity (Wildman–Crippen MR) is 43.6 cm³/mol. The molecule has 3 heteroatoms. The molecule has 0 spiro atoms. The van der Waals surface area contributed by atoms with Gasteiger partial charge in [0.1, 0.15) is 0 Å². The zero-order valence-corrected chi connectivity index (χ0v) is 7.34. The summed E-state index contributed by atoms with van der Waals surface area (Å²) in [6.07, 6.45) is 0. The van der Waals surface area contributed by atoms with E-state index in [-0.39, 0.29) is 12.2 Å². The molecule has 0 bridgehead atoms. The van der Waals surface area contributed by atoms with Gasteiger partial charge in [-0.1, -0.05) is 0 Å². The molecule has 1 N–H and O–H groups in total. The van der Waals surface area contributed by atoms with E-state index in [1.165, 1.54) is 0 Å². The molecule has 11 heavy (non-hydrogen) atoms. The molecule has 66 valence electrons. The Bertz CT molecular complexity index is 123. The van der Waals surface area contributed by atoms with Crippen molar-refractivity contribution >= 4 is 0 Å². The van der Waals surface area contributed by atoms with E-state index >= 15 is 0 Å². The van der Waals surface area contributed by atoms with Gasteiger partial charge in [-0.3, -0.25) is 4.90 Å². The van der Waals surface area contributed by atoms with Crippen molar-refractivity contribution in [3.05, 3.63) is 0 Å². The van der Waals surface area contributed by atoms with E-state index < -0.39 is 0 Å². The minimum Gasteiger partial charge on any atom is -0.395 e. The lowest BCUT2D eigenvalue weighted by molar-refractivity contribution is -0.0880. The highest BCUT2D eigenvalue weighted by atomic mass is 16.5. The first-order chi connectivity index (χ1) is 5.14. The molecule has 0 unspecified atom stereocenters. The third-order valence-electron chi connectivity index (χ3n) is 1.92. The predicted octanol–water partition coefficient (Wildman–Crippen LogP) is 0.0895. The van der Waals surface area contributed by atoms with Crippen LogP contribution in [0.3, 0.4) is 0 Å². The Balaban J connectivity index is 2.34. The molecule has 0 aromatic carbocycles. The van der Waals surface area contributed by atoms with Crippen LogP contribution >= 0.6 is 0 Å². The molecular formula is C8H17NO2. The zero-order valence-electron chi connectivity index (χ0n) is 7.34. The normalized spacial score (nSPS) is 25.4. The molecule has 0 aromatic rings. The lowest BCUT2D eigenvalue weighted by atomic mass is 10.1. The fourth-order valence-electron chi connectivity index (χ4n) is 1.45. The summed E-state index contributed by atoms with van der Waals surface area (Å²) in [4.78, 5) is 2.23. The molecule has 0 saturated carbocycles. The molecule has 1 fully saturated rings. The number of hydrogen-bond acceptors (Lipinski definition) is 3. The molecule has 0 atom stereocenters. The molecular weight excluding hydrogens is 142 g/mol. The number of β-amino-alcohol motifs (C(OH)–C–C–N with tert-alkyl or cyclic N) is 1. The Labute approximate surface area is 68.0 Å². The first-order valence-corrected chi connectivity index (χ1v) is 4.11. The van der Waals surface area contributed by atoms with Gasteiger partial charge >= 0.3 is 0 Å². The molecule has 1 rings (SSSR count). The summed E-state index contributed by atoms with van der Waals surface area (Å²) in [5.74, 6) is 0. The first kappa shape index (κ1) is 8.97. The first-order valence-electron chi connectivity index (χ1n) is 4.11. The van der Waals surface area contributed by atoms with E-state index in [0.29, 0.717) is 0 Å². The van der Waals surface area contributed by atoms with Gasteiger partial charge in [-0.05, 0) is 13.8 Å². The van der Waals surface area contributed by atoms with Gasteiger partial charge in [0.15, 0.2) is 0 Å². The minimum atomic E-state index is -0.0343. The van der Waals surface area contributed by atoms with Crippen LogP contribution in [0.4, 0.5) is 0 Å². The van der Waals surface area contributed by atoms with Gasteiger partial charge < -0.3 is 9.84 Å². The van der Waals surface area contributed by atoms with E-state index in [9.17, 15) is 0 Å². The van der Waals surface area contributed by atoms with Crippen LogP contribution in [0.1, 0.15) is 13.8 Å². The fraction of sp³-hybridized carbons (Fsp3) is 1.00. The molecule has 0 amide bonds. The summed E-state index contributed by atoms with van der Waals surface area (Å²) >= 11 is 0. The summed E-state index contributed by atoms with van der Waals surface area (Å²) in [6.45, 7) is 7.83. The third-order valence-corrected chi connectivity index (χ3v) is 1.92. The molecule has 0 radical (unpaired) electrons. The lowest BCUT2D eigenvalue weighted by Crippen LogP contribution is -2.48. The maximum absolute atomic E-state index is 8.71. The van der Waals surface area contributed by atoms with Crippen molar-refractivity contribution in [2.24, 2.45) is 0 Å². The Morgan fingerprint density at radius 3 is 2.82 bits per heavy atom. The Morgan fingerprint density at radius 1 is 1.55 bits per heavy atom. The Kier molecular flexibility index (Phi) is 2.87.